The Hall–Kier alpha value is -0.0400. The summed E-state index contributed by atoms with van der Waals surface area (Å²) in [5.74, 6) is 2.09. The molecule has 2 saturated carbocycles. The maximum atomic E-state index is 4.16. The van der Waals surface area contributed by atoms with Crippen molar-refractivity contribution in [3.8, 4) is 0 Å². The molecule has 0 radical (unpaired) electrons. The smallest absolute Gasteiger partial charge is 0.0900 e. The fourth-order valence-corrected chi connectivity index (χ4v) is 1.43. The molecule has 0 amide bonds. The van der Waals surface area contributed by atoms with Gasteiger partial charge in [-0.2, -0.15) is 0 Å². The summed E-state index contributed by atoms with van der Waals surface area (Å²) in [4.78, 5) is 0. The molecule has 0 spiro atoms. The summed E-state index contributed by atoms with van der Waals surface area (Å²) in [5.41, 5.74) is 4.16. The van der Waals surface area contributed by atoms with E-state index in [1.165, 1.54) is 25.7 Å². The molecule has 1 heteroatoms. The Balaban J connectivity index is 1.84. The van der Waals surface area contributed by atoms with Crippen LogP contribution < -0.4 is 5.73 Å². The van der Waals surface area contributed by atoms with E-state index in [4.69, 9.17) is 0 Å². The van der Waals surface area contributed by atoms with Gasteiger partial charge in [0.25, 0.3) is 0 Å². The van der Waals surface area contributed by atoms with Crippen molar-refractivity contribution in [3.63, 3.8) is 0 Å². The molecule has 0 saturated heterocycles. The molecule has 3 N–H and O–H groups in total. The van der Waals surface area contributed by atoms with Crippen LogP contribution in [0.15, 0.2) is 0 Å². The summed E-state index contributed by atoms with van der Waals surface area (Å²) in [6, 6.07) is 0.843. The number of hydrogen-bond donors (Lipinski definition) is 1. The second kappa shape index (κ2) is 1.47. The van der Waals surface area contributed by atoms with Gasteiger partial charge in [0.15, 0.2) is 0 Å². The van der Waals surface area contributed by atoms with Crippen LogP contribution in [0.25, 0.3) is 0 Å². The van der Waals surface area contributed by atoms with E-state index in [1.807, 2.05) is 0 Å². The SMILES string of the molecule is [NH3+]C(C1CC1)C1CC1. The lowest BCUT2D eigenvalue weighted by molar-refractivity contribution is -0.432. The standard InChI is InChI=1S/C7H13N/c8-7(5-1-2-5)6-3-4-6/h5-7H,1-4,8H2/p+1. The van der Waals surface area contributed by atoms with E-state index < -0.39 is 0 Å². The van der Waals surface area contributed by atoms with E-state index >= 15 is 0 Å². The minimum Gasteiger partial charge on any atom is -0.355 e. The number of rotatable bonds is 2. The van der Waals surface area contributed by atoms with E-state index in [0.29, 0.717) is 0 Å². The lowest BCUT2D eigenvalue weighted by atomic mass is 10.1. The number of quaternary nitrogens is 1. The van der Waals surface area contributed by atoms with E-state index in [2.05, 4.69) is 5.73 Å². The first-order chi connectivity index (χ1) is 3.88. The van der Waals surface area contributed by atoms with Gasteiger partial charge in [0.05, 0.1) is 6.04 Å². The molecule has 46 valence electrons. The van der Waals surface area contributed by atoms with Gasteiger partial charge < -0.3 is 5.73 Å². The van der Waals surface area contributed by atoms with Crippen molar-refractivity contribution in [2.24, 2.45) is 11.8 Å². The molecule has 0 atom stereocenters. The third-order valence-corrected chi connectivity index (χ3v) is 2.46. The van der Waals surface area contributed by atoms with Crippen LogP contribution in [0.1, 0.15) is 25.7 Å². The topological polar surface area (TPSA) is 27.6 Å². The Labute approximate surface area is 50.3 Å². The van der Waals surface area contributed by atoms with Crippen molar-refractivity contribution in [3.05, 3.63) is 0 Å². The average Bonchev–Trinajstić information content (AvgIpc) is 2.63. The van der Waals surface area contributed by atoms with Crippen molar-refractivity contribution in [2.75, 3.05) is 0 Å². The molecule has 0 aliphatic heterocycles. The summed E-state index contributed by atoms with van der Waals surface area (Å²) in [6.45, 7) is 0. The predicted octanol–water partition coefficient (Wildman–Crippen LogP) is 0.417. The van der Waals surface area contributed by atoms with Gasteiger partial charge in [-0.1, -0.05) is 0 Å². The van der Waals surface area contributed by atoms with E-state index in [9.17, 15) is 0 Å². The van der Waals surface area contributed by atoms with Crippen molar-refractivity contribution >= 4 is 0 Å². The molecule has 1 nitrogen and oxygen atoms in total. The molecule has 2 aliphatic rings. The molecule has 2 fully saturated rings. The highest BCUT2D eigenvalue weighted by molar-refractivity contribution is 4.90. The highest BCUT2D eigenvalue weighted by Crippen LogP contribution is 2.42. The Bertz CT molecular complexity index is 80.6. The quantitative estimate of drug-likeness (QED) is 0.536. The van der Waals surface area contributed by atoms with Crippen molar-refractivity contribution in [2.45, 2.75) is 31.7 Å². The average molecular weight is 112 g/mol. The highest BCUT2D eigenvalue weighted by Gasteiger charge is 2.41. The number of hydrogen-bond acceptors (Lipinski definition) is 0. The zero-order chi connectivity index (χ0) is 5.56. The second-order valence-electron chi connectivity index (χ2n) is 3.34. The lowest BCUT2D eigenvalue weighted by Gasteiger charge is -2.01. The van der Waals surface area contributed by atoms with Crippen LogP contribution in [-0.2, 0) is 0 Å². The van der Waals surface area contributed by atoms with Crippen LogP contribution in [0.2, 0.25) is 0 Å². The molecular weight excluding hydrogens is 98.1 g/mol. The maximum Gasteiger partial charge on any atom is 0.0900 e. The van der Waals surface area contributed by atoms with Crippen molar-refractivity contribution in [1.29, 1.82) is 0 Å². The van der Waals surface area contributed by atoms with Gasteiger partial charge in [-0.15, -0.1) is 0 Å². The van der Waals surface area contributed by atoms with Gasteiger partial charge in [0.2, 0.25) is 0 Å². The van der Waals surface area contributed by atoms with Gasteiger partial charge in [0.1, 0.15) is 0 Å². The first kappa shape index (κ1) is 4.80. The molecule has 8 heavy (non-hydrogen) atoms. The van der Waals surface area contributed by atoms with Crippen LogP contribution in [0.4, 0.5) is 0 Å². The van der Waals surface area contributed by atoms with E-state index in [0.717, 1.165) is 17.9 Å². The molecule has 0 unspecified atom stereocenters. The van der Waals surface area contributed by atoms with Crippen molar-refractivity contribution < 1.29 is 5.73 Å². The van der Waals surface area contributed by atoms with E-state index in [-0.39, 0.29) is 0 Å². The minimum absolute atomic E-state index is 0.843. The van der Waals surface area contributed by atoms with Gasteiger partial charge in [-0.05, 0) is 25.7 Å². The Morgan fingerprint density at radius 3 is 1.62 bits per heavy atom. The predicted molar refractivity (Wildman–Crippen MR) is 32.1 cm³/mol. The third kappa shape index (κ3) is 0.752. The van der Waals surface area contributed by atoms with Crippen LogP contribution >= 0.6 is 0 Å². The molecule has 2 aliphatic carbocycles. The second-order valence-corrected chi connectivity index (χ2v) is 3.34. The van der Waals surface area contributed by atoms with Crippen LogP contribution in [0.3, 0.4) is 0 Å². The summed E-state index contributed by atoms with van der Waals surface area (Å²) >= 11 is 0. The summed E-state index contributed by atoms with van der Waals surface area (Å²) in [6.07, 6.45) is 5.91. The fraction of sp³-hybridized carbons (Fsp3) is 1.00. The summed E-state index contributed by atoms with van der Waals surface area (Å²) < 4.78 is 0. The Morgan fingerprint density at radius 1 is 1.00 bits per heavy atom. The van der Waals surface area contributed by atoms with Crippen LogP contribution in [0, 0.1) is 11.8 Å². The minimum atomic E-state index is 0.843. The monoisotopic (exact) mass is 112 g/mol. The molecule has 0 bridgehead atoms. The van der Waals surface area contributed by atoms with E-state index in [1.54, 1.807) is 0 Å². The molecule has 0 aromatic rings. The molecule has 0 aromatic heterocycles. The van der Waals surface area contributed by atoms with Crippen LogP contribution in [-0.4, -0.2) is 6.04 Å². The Kier molecular flexibility index (Phi) is 0.884. The maximum absolute atomic E-state index is 4.16. The van der Waals surface area contributed by atoms with Gasteiger partial charge in [-0.25, -0.2) is 0 Å². The zero-order valence-electron chi connectivity index (χ0n) is 5.27. The summed E-state index contributed by atoms with van der Waals surface area (Å²) in [5, 5.41) is 0. The van der Waals surface area contributed by atoms with Crippen LogP contribution in [0.5, 0.6) is 0 Å². The molecule has 0 aromatic carbocycles. The third-order valence-electron chi connectivity index (χ3n) is 2.46. The highest BCUT2D eigenvalue weighted by atomic mass is 14.7. The van der Waals surface area contributed by atoms with Gasteiger partial charge in [-0.3, -0.25) is 0 Å². The normalized spacial score (nSPS) is 29.2. The first-order valence-electron chi connectivity index (χ1n) is 3.71. The molecule has 2 rings (SSSR count). The molecule has 0 heterocycles. The van der Waals surface area contributed by atoms with Gasteiger partial charge >= 0.3 is 0 Å². The van der Waals surface area contributed by atoms with Crippen molar-refractivity contribution in [1.82, 2.24) is 0 Å². The zero-order valence-corrected chi connectivity index (χ0v) is 5.27. The fourth-order valence-electron chi connectivity index (χ4n) is 1.43. The molecular formula is C7H14N+. The Morgan fingerprint density at radius 2 is 1.38 bits per heavy atom. The van der Waals surface area contributed by atoms with Gasteiger partial charge in [0, 0.05) is 11.8 Å². The first-order valence-corrected chi connectivity index (χ1v) is 3.71. The summed E-state index contributed by atoms with van der Waals surface area (Å²) in [7, 11) is 0. The largest absolute Gasteiger partial charge is 0.355 e. The lowest BCUT2D eigenvalue weighted by Crippen LogP contribution is -2.63.